The maximum absolute atomic E-state index is 12.9. The quantitative estimate of drug-likeness (QED) is 0.887. The molecule has 0 radical (unpaired) electrons. The van der Waals surface area contributed by atoms with Crippen molar-refractivity contribution in [1.29, 1.82) is 0 Å². The molecule has 100 valence electrons. The molecule has 1 aliphatic heterocycles. The van der Waals surface area contributed by atoms with E-state index in [2.05, 4.69) is 11.9 Å². The average Bonchev–Trinajstić information content (AvgIpc) is 2.42. The molecule has 1 aromatic carbocycles. The third kappa shape index (κ3) is 2.88. The van der Waals surface area contributed by atoms with Crippen molar-refractivity contribution >= 4 is 0 Å². The summed E-state index contributed by atoms with van der Waals surface area (Å²) < 4.78 is 18.4. The van der Waals surface area contributed by atoms with Gasteiger partial charge in [-0.3, -0.25) is 4.90 Å². The van der Waals surface area contributed by atoms with Crippen molar-refractivity contribution in [3.63, 3.8) is 0 Å². The second kappa shape index (κ2) is 5.78. The molecule has 0 amide bonds. The third-order valence-corrected chi connectivity index (χ3v) is 3.82. The Kier molecular flexibility index (Phi) is 4.32. The maximum Gasteiger partial charge on any atom is 0.123 e. The van der Waals surface area contributed by atoms with Crippen molar-refractivity contribution in [3.05, 3.63) is 35.6 Å². The second-order valence-electron chi connectivity index (χ2n) is 5.07. The number of hydrogen-bond acceptors (Lipinski definition) is 3. The van der Waals surface area contributed by atoms with Crippen molar-refractivity contribution in [2.45, 2.75) is 24.9 Å². The van der Waals surface area contributed by atoms with Gasteiger partial charge in [-0.1, -0.05) is 12.1 Å². The second-order valence-corrected chi connectivity index (χ2v) is 5.07. The number of halogens is 1. The number of benzene rings is 1. The summed E-state index contributed by atoms with van der Waals surface area (Å²) in [5.41, 5.74) is 6.95. The summed E-state index contributed by atoms with van der Waals surface area (Å²) >= 11 is 0. The molecule has 0 aliphatic carbocycles. The number of ether oxygens (including phenoxy) is 1. The van der Waals surface area contributed by atoms with Crippen LogP contribution in [-0.4, -0.2) is 37.2 Å². The molecular weight excluding hydrogens is 231 g/mol. The van der Waals surface area contributed by atoms with E-state index in [4.69, 9.17) is 10.5 Å². The smallest absolute Gasteiger partial charge is 0.123 e. The first-order chi connectivity index (χ1) is 8.66. The summed E-state index contributed by atoms with van der Waals surface area (Å²) in [6.45, 7) is 2.86. The predicted octanol–water partition coefficient (Wildman–Crippen LogP) is 1.77. The molecule has 1 aliphatic rings. The fraction of sp³-hybridized carbons (Fsp3) is 0.571. The predicted molar refractivity (Wildman–Crippen MR) is 69.7 cm³/mol. The van der Waals surface area contributed by atoms with E-state index in [1.807, 2.05) is 12.1 Å². The van der Waals surface area contributed by atoms with Crippen molar-refractivity contribution in [2.75, 3.05) is 26.8 Å². The molecule has 4 heteroatoms. The van der Waals surface area contributed by atoms with E-state index >= 15 is 0 Å². The van der Waals surface area contributed by atoms with Crippen LogP contribution in [0.25, 0.3) is 0 Å². The summed E-state index contributed by atoms with van der Waals surface area (Å²) in [5.74, 6) is -0.198. The molecule has 0 bridgehead atoms. The Hall–Kier alpha value is -0.970. The SMILES string of the molecule is CN(Cc1ccc(F)cc1)C1(CN)CCCOC1. The van der Waals surface area contributed by atoms with E-state index in [0.29, 0.717) is 13.2 Å². The summed E-state index contributed by atoms with van der Waals surface area (Å²) in [6, 6.07) is 6.63. The maximum atomic E-state index is 12.9. The molecule has 2 N–H and O–H groups in total. The minimum absolute atomic E-state index is 0.0767. The van der Waals surface area contributed by atoms with Gasteiger partial charge in [-0.25, -0.2) is 4.39 Å². The van der Waals surface area contributed by atoms with Gasteiger partial charge in [-0.2, -0.15) is 0 Å². The Bertz CT molecular complexity index is 374. The van der Waals surface area contributed by atoms with Crippen molar-refractivity contribution < 1.29 is 9.13 Å². The van der Waals surface area contributed by atoms with Crippen LogP contribution >= 0.6 is 0 Å². The van der Waals surface area contributed by atoms with Gasteiger partial charge in [0.1, 0.15) is 5.82 Å². The molecule has 18 heavy (non-hydrogen) atoms. The minimum Gasteiger partial charge on any atom is -0.379 e. The van der Waals surface area contributed by atoms with Crippen LogP contribution < -0.4 is 5.73 Å². The molecule has 1 heterocycles. The number of hydrogen-bond donors (Lipinski definition) is 1. The monoisotopic (exact) mass is 252 g/mol. The minimum atomic E-state index is -0.198. The van der Waals surface area contributed by atoms with Crippen LogP contribution in [0, 0.1) is 5.82 Å². The highest BCUT2D eigenvalue weighted by Gasteiger charge is 2.35. The Morgan fingerprint density at radius 3 is 2.67 bits per heavy atom. The summed E-state index contributed by atoms with van der Waals surface area (Å²) in [4.78, 5) is 2.24. The van der Waals surface area contributed by atoms with Crippen LogP contribution in [0.5, 0.6) is 0 Å². The lowest BCUT2D eigenvalue weighted by Crippen LogP contribution is -2.56. The molecule has 0 spiro atoms. The highest BCUT2D eigenvalue weighted by Crippen LogP contribution is 2.25. The lowest BCUT2D eigenvalue weighted by atomic mass is 9.90. The van der Waals surface area contributed by atoms with Gasteiger partial charge in [0.2, 0.25) is 0 Å². The average molecular weight is 252 g/mol. The van der Waals surface area contributed by atoms with Crippen LogP contribution in [0.3, 0.4) is 0 Å². The lowest BCUT2D eigenvalue weighted by molar-refractivity contribution is -0.0374. The van der Waals surface area contributed by atoms with E-state index in [9.17, 15) is 4.39 Å². The standard InChI is InChI=1S/C14H21FN2O/c1-17(9-12-3-5-13(15)6-4-12)14(10-16)7-2-8-18-11-14/h3-6H,2,7-11,16H2,1H3. The van der Waals surface area contributed by atoms with E-state index < -0.39 is 0 Å². The zero-order chi connectivity index (χ0) is 13.0. The Labute approximate surface area is 108 Å². The fourth-order valence-corrected chi connectivity index (χ4v) is 2.49. The number of rotatable bonds is 4. The number of likely N-dealkylation sites (N-methyl/N-ethyl adjacent to an activating group) is 1. The van der Waals surface area contributed by atoms with Gasteiger partial charge >= 0.3 is 0 Å². The van der Waals surface area contributed by atoms with Gasteiger partial charge in [-0.05, 0) is 37.6 Å². The van der Waals surface area contributed by atoms with Gasteiger partial charge in [0.05, 0.1) is 12.1 Å². The summed E-state index contributed by atoms with van der Waals surface area (Å²) in [5, 5.41) is 0. The van der Waals surface area contributed by atoms with Crippen LogP contribution in [0.1, 0.15) is 18.4 Å². The molecule has 1 unspecified atom stereocenters. The van der Waals surface area contributed by atoms with Crippen molar-refractivity contribution in [2.24, 2.45) is 5.73 Å². The topological polar surface area (TPSA) is 38.5 Å². The number of nitrogens with two attached hydrogens (primary N) is 1. The van der Waals surface area contributed by atoms with E-state index in [-0.39, 0.29) is 11.4 Å². The Morgan fingerprint density at radius 2 is 2.11 bits per heavy atom. The van der Waals surface area contributed by atoms with Gasteiger partial charge in [0.25, 0.3) is 0 Å². The molecular formula is C14H21FN2O. The van der Waals surface area contributed by atoms with Gasteiger partial charge in [0.15, 0.2) is 0 Å². The van der Waals surface area contributed by atoms with Crippen molar-refractivity contribution in [1.82, 2.24) is 4.90 Å². The summed E-state index contributed by atoms with van der Waals surface area (Å²) in [6.07, 6.45) is 2.10. The molecule has 3 nitrogen and oxygen atoms in total. The van der Waals surface area contributed by atoms with Crippen LogP contribution in [0.15, 0.2) is 24.3 Å². The summed E-state index contributed by atoms with van der Waals surface area (Å²) in [7, 11) is 2.06. The Morgan fingerprint density at radius 1 is 1.39 bits per heavy atom. The van der Waals surface area contributed by atoms with Gasteiger partial charge < -0.3 is 10.5 Å². The number of nitrogens with zero attached hydrogens (tertiary/aromatic N) is 1. The molecule has 1 aromatic rings. The van der Waals surface area contributed by atoms with Crippen molar-refractivity contribution in [3.8, 4) is 0 Å². The van der Waals surface area contributed by atoms with E-state index in [0.717, 1.165) is 31.6 Å². The van der Waals surface area contributed by atoms with Crippen LogP contribution in [-0.2, 0) is 11.3 Å². The molecule has 2 rings (SSSR count). The van der Waals surface area contributed by atoms with Gasteiger partial charge in [-0.15, -0.1) is 0 Å². The van der Waals surface area contributed by atoms with Crippen LogP contribution in [0.2, 0.25) is 0 Å². The lowest BCUT2D eigenvalue weighted by Gasteiger charge is -2.43. The molecule has 1 saturated heterocycles. The normalized spacial score (nSPS) is 24.4. The zero-order valence-corrected chi connectivity index (χ0v) is 10.9. The van der Waals surface area contributed by atoms with E-state index in [1.54, 1.807) is 0 Å². The molecule has 0 saturated carbocycles. The first kappa shape index (κ1) is 13.5. The Balaban J connectivity index is 2.05. The van der Waals surface area contributed by atoms with E-state index in [1.165, 1.54) is 12.1 Å². The molecule has 1 fully saturated rings. The first-order valence-corrected chi connectivity index (χ1v) is 6.40. The first-order valence-electron chi connectivity index (χ1n) is 6.40. The third-order valence-electron chi connectivity index (χ3n) is 3.82. The highest BCUT2D eigenvalue weighted by molar-refractivity contribution is 5.16. The highest BCUT2D eigenvalue weighted by atomic mass is 19.1. The largest absolute Gasteiger partial charge is 0.379 e. The molecule has 1 atom stereocenters. The van der Waals surface area contributed by atoms with Gasteiger partial charge in [0, 0.05) is 19.7 Å². The van der Waals surface area contributed by atoms with Crippen LogP contribution in [0.4, 0.5) is 4.39 Å². The zero-order valence-electron chi connectivity index (χ0n) is 10.9. The molecule has 0 aromatic heterocycles. The fourth-order valence-electron chi connectivity index (χ4n) is 2.49.